The molecule has 2 aromatic rings. The van der Waals surface area contributed by atoms with Crippen LogP contribution in [-0.4, -0.2) is 23.8 Å². The van der Waals surface area contributed by atoms with E-state index in [2.05, 4.69) is 15.0 Å². The van der Waals surface area contributed by atoms with Crippen molar-refractivity contribution in [3.05, 3.63) is 34.2 Å². The highest BCUT2D eigenvalue weighted by Gasteiger charge is 2.21. The molecule has 2 rings (SSSR count). The normalized spacial score (nSPS) is 10.3. The number of hydrogen-bond donors (Lipinski definition) is 1. The van der Waals surface area contributed by atoms with E-state index in [-0.39, 0.29) is 16.4 Å². The molecule has 0 spiro atoms. The molecule has 0 atom stereocenters. The van der Waals surface area contributed by atoms with E-state index < -0.39 is 5.97 Å². The van der Waals surface area contributed by atoms with Crippen LogP contribution in [0.3, 0.4) is 0 Å². The Morgan fingerprint density at radius 3 is 2.75 bits per heavy atom. The van der Waals surface area contributed by atoms with Gasteiger partial charge in [-0.1, -0.05) is 11.3 Å². The summed E-state index contributed by atoms with van der Waals surface area (Å²) < 4.78 is 10.0. The van der Waals surface area contributed by atoms with Crippen molar-refractivity contribution >= 4 is 28.2 Å². The molecule has 7 heteroatoms. The minimum absolute atomic E-state index is 0.0446. The molecule has 1 N–H and O–H groups in total. The summed E-state index contributed by atoms with van der Waals surface area (Å²) in [6, 6.07) is 3.71. The predicted octanol–water partition coefficient (Wildman–Crippen LogP) is 2.65. The number of Topliss-reactive ketones (excluding diaryl/α,β-unsaturated/α-hetero) is 1. The summed E-state index contributed by atoms with van der Waals surface area (Å²) in [4.78, 5) is 27.4. The van der Waals surface area contributed by atoms with E-state index in [9.17, 15) is 9.59 Å². The molecular weight excluding hydrogens is 280 g/mol. The van der Waals surface area contributed by atoms with Crippen molar-refractivity contribution in [2.24, 2.45) is 0 Å². The van der Waals surface area contributed by atoms with Crippen LogP contribution in [-0.2, 0) is 11.3 Å². The SMILES string of the molecule is COC(=O)c1nc(NCc2ccc(C)o2)sc1C(C)=O. The smallest absolute Gasteiger partial charge is 0.358 e. The summed E-state index contributed by atoms with van der Waals surface area (Å²) in [6.07, 6.45) is 0. The van der Waals surface area contributed by atoms with E-state index in [1.165, 1.54) is 14.0 Å². The molecule has 2 aromatic heterocycles. The molecule has 0 aliphatic heterocycles. The van der Waals surface area contributed by atoms with Crippen molar-refractivity contribution in [2.45, 2.75) is 20.4 Å². The molecule has 0 aliphatic carbocycles. The number of rotatable bonds is 5. The molecule has 0 saturated heterocycles. The maximum Gasteiger partial charge on any atom is 0.358 e. The number of hydrogen-bond acceptors (Lipinski definition) is 7. The molecule has 0 amide bonds. The van der Waals surface area contributed by atoms with Gasteiger partial charge in [0.2, 0.25) is 0 Å². The third-order valence-corrected chi connectivity index (χ3v) is 3.65. The van der Waals surface area contributed by atoms with E-state index in [1.54, 1.807) is 0 Å². The Morgan fingerprint density at radius 2 is 2.20 bits per heavy atom. The summed E-state index contributed by atoms with van der Waals surface area (Å²) in [5, 5.41) is 3.50. The quantitative estimate of drug-likeness (QED) is 0.674. The van der Waals surface area contributed by atoms with Crippen LogP contribution in [0.25, 0.3) is 0 Å². The molecule has 2 heterocycles. The van der Waals surface area contributed by atoms with Gasteiger partial charge in [0.15, 0.2) is 16.6 Å². The monoisotopic (exact) mass is 294 g/mol. The van der Waals surface area contributed by atoms with Gasteiger partial charge in [-0.25, -0.2) is 9.78 Å². The largest absolute Gasteiger partial charge is 0.465 e. The predicted molar refractivity (Wildman–Crippen MR) is 74.2 cm³/mol. The van der Waals surface area contributed by atoms with Crippen LogP contribution in [0.5, 0.6) is 0 Å². The highest BCUT2D eigenvalue weighted by molar-refractivity contribution is 7.17. The molecule has 0 radical (unpaired) electrons. The minimum atomic E-state index is -0.617. The summed E-state index contributed by atoms with van der Waals surface area (Å²) in [5.74, 6) is 0.737. The summed E-state index contributed by atoms with van der Waals surface area (Å²) in [6.45, 7) is 3.68. The fourth-order valence-electron chi connectivity index (χ4n) is 1.61. The molecule has 0 saturated carbocycles. The number of ketones is 1. The van der Waals surface area contributed by atoms with Gasteiger partial charge < -0.3 is 14.5 Å². The lowest BCUT2D eigenvalue weighted by molar-refractivity contribution is 0.0591. The van der Waals surface area contributed by atoms with Crippen LogP contribution >= 0.6 is 11.3 Å². The lowest BCUT2D eigenvalue weighted by Crippen LogP contribution is -2.07. The standard InChI is InChI=1S/C13H14N2O4S/c1-7-4-5-9(19-7)6-14-13-15-10(12(17)18-3)11(20-13)8(2)16/h4-5H,6H2,1-3H3,(H,14,15). The maximum absolute atomic E-state index is 11.6. The summed E-state index contributed by atoms with van der Waals surface area (Å²) in [5.41, 5.74) is 0.0446. The highest BCUT2D eigenvalue weighted by atomic mass is 32.1. The molecular formula is C13H14N2O4S. The van der Waals surface area contributed by atoms with Crippen LogP contribution in [0.15, 0.2) is 16.5 Å². The Morgan fingerprint density at radius 1 is 1.45 bits per heavy atom. The van der Waals surface area contributed by atoms with E-state index in [4.69, 9.17) is 4.42 Å². The molecule has 20 heavy (non-hydrogen) atoms. The van der Waals surface area contributed by atoms with Gasteiger partial charge in [-0.2, -0.15) is 0 Å². The number of anilines is 1. The number of carbonyl (C=O) groups is 2. The van der Waals surface area contributed by atoms with E-state index >= 15 is 0 Å². The van der Waals surface area contributed by atoms with E-state index in [0.29, 0.717) is 11.7 Å². The van der Waals surface area contributed by atoms with Crippen LogP contribution in [0.2, 0.25) is 0 Å². The second kappa shape index (κ2) is 5.87. The van der Waals surface area contributed by atoms with Crippen LogP contribution in [0.4, 0.5) is 5.13 Å². The number of carbonyl (C=O) groups excluding carboxylic acids is 2. The topological polar surface area (TPSA) is 81.4 Å². The average molecular weight is 294 g/mol. The third kappa shape index (κ3) is 3.05. The van der Waals surface area contributed by atoms with E-state index in [1.807, 2.05) is 19.1 Å². The van der Waals surface area contributed by atoms with Gasteiger partial charge in [-0.05, 0) is 19.1 Å². The number of aromatic nitrogens is 1. The zero-order valence-electron chi connectivity index (χ0n) is 11.4. The number of furan rings is 1. The van der Waals surface area contributed by atoms with Gasteiger partial charge in [0.1, 0.15) is 16.4 Å². The second-order valence-corrected chi connectivity index (χ2v) is 5.11. The van der Waals surface area contributed by atoms with Crippen LogP contribution in [0.1, 0.15) is 38.6 Å². The Bertz CT molecular complexity index is 645. The van der Waals surface area contributed by atoms with Crippen molar-refractivity contribution in [3.8, 4) is 0 Å². The Kier molecular flexibility index (Phi) is 4.19. The lowest BCUT2D eigenvalue weighted by Gasteiger charge is -1.98. The van der Waals surface area contributed by atoms with Crippen molar-refractivity contribution in [3.63, 3.8) is 0 Å². The zero-order chi connectivity index (χ0) is 14.7. The van der Waals surface area contributed by atoms with Crippen molar-refractivity contribution in [1.29, 1.82) is 0 Å². The maximum atomic E-state index is 11.6. The number of methoxy groups -OCH3 is 1. The first-order valence-electron chi connectivity index (χ1n) is 5.90. The van der Waals surface area contributed by atoms with Crippen molar-refractivity contribution in [2.75, 3.05) is 12.4 Å². The molecule has 0 bridgehead atoms. The first-order valence-corrected chi connectivity index (χ1v) is 6.72. The summed E-state index contributed by atoms with van der Waals surface area (Å²) >= 11 is 1.12. The average Bonchev–Trinajstić information content (AvgIpc) is 3.01. The van der Waals surface area contributed by atoms with Gasteiger partial charge in [-0.3, -0.25) is 4.79 Å². The summed E-state index contributed by atoms with van der Waals surface area (Å²) in [7, 11) is 1.25. The molecule has 0 unspecified atom stereocenters. The molecule has 0 aromatic carbocycles. The fourth-order valence-corrected chi connectivity index (χ4v) is 2.46. The van der Waals surface area contributed by atoms with Crippen LogP contribution < -0.4 is 5.32 Å². The number of ether oxygens (including phenoxy) is 1. The van der Waals surface area contributed by atoms with Gasteiger partial charge >= 0.3 is 5.97 Å². The Hall–Kier alpha value is -2.15. The first-order chi connectivity index (χ1) is 9.51. The minimum Gasteiger partial charge on any atom is -0.465 e. The van der Waals surface area contributed by atoms with Gasteiger partial charge in [0, 0.05) is 6.92 Å². The Balaban J connectivity index is 2.16. The zero-order valence-corrected chi connectivity index (χ0v) is 12.2. The Labute approximate surface area is 119 Å². The number of nitrogens with zero attached hydrogens (tertiary/aromatic N) is 1. The second-order valence-electron chi connectivity index (χ2n) is 4.11. The molecule has 6 nitrogen and oxygen atoms in total. The number of esters is 1. The molecule has 0 fully saturated rings. The fraction of sp³-hybridized carbons (Fsp3) is 0.308. The van der Waals surface area contributed by atoms with Crippen molar-refractivity contribution in [1.82, 2.24) is 4.98 Å². The van der Waals surface area contributed by atoms with Gasteiger partial charge in [-0.15, -0.1) is 0 Å². The number of aryl methyl sites for hydroxylation is 1. The van der Waals surface area contributed by atoms with Gasteiger partial charge in [0.25, 0.3) is 0 Å². The van der Waals surface area contributed by atoms with Crippen LogP contribution in [0, 0.1) is 6.92 Å². The third-order valence-electron chi connectivity index (χ3n) is 2.54. The van der Waals surface area contributed by atoms with E-state index in [0.717, 1.165) is 22.9 Å². The number of thiazole rings is 1. The highest BCUT2D eigenvalue weighted by Crippen LogP contribution is 2.25. The number of nitrogens with one attached hydrogen (secondary N) is 1. The lowest BCUT2D eigenvalue weighted by atomic mass is 10.3. The molecule has 106 valence electrons. The van der Waals surface area contributed by atoms with Gasteiger partial charge in [0.05, 0.1) is 13.7 Å². The van der Waals surface area contributed by atoms with Crippen molar-refractivity contribution < 1.29 is 18.7 Å². The first kappa shape index (κ1) is 14.3. The molecule has 0 aliphatic rings.